The molecule has 0 aromatic rings. The van der Waals surface area contributed by atoms with Gasteiger partial charge in [0.05, 0.1) is 5.75 Å². The first kappa shape index (κ1) is 16.9. The van der Waals surface area contributed by atoms with Crippen LogP contribution in [0.2, 0.25) is 0 Å². The van der Waals surface area contributed by atoms with Gasteiger partial charge in [-0.15, -0.1) is 0 Å². The van der Waals surface area contributed by atoms with Crippen molar-refractivity contribution >= 4 is 9.84 Å². The summed E-state index contributed by atoms with van der Waals surface area (Å²) in [7, 11) is -2.89. The van der Waals surface area contributed by atoms with E-state index in [1.165, 1.54) is 51.2 Å². The molecule has 19 heavy (non-hydrogen) atoms. The van der Waals surface area contributed by atoms with Crippen molar-refractivity contribution in [2.45, 2.75) is 64.3 Å². The first-order valence-electron chi connectivity index (χ1n) is 7.60. The van der Waals surface area contributed by atoms with E-state index in [2.05, 4.69) is 12.3 Å². The second-order valence-corrected chi connectivity index (χ2v) is 8.37. The molecule has 1 fully saturated rings. The van der Waals surface area contributed by atoms with E-state index in [1.54, 1.807) is 0 Å². The molecule has 1 aliphatic carbocycles. The van der Waals surface area contributed by atoms with Gasteiger partial charge in [-0.25, -0.2) is 8.42 Å². The summed E-state index contributed by atoms with van der Waals surface area (Å²) >= 11 is 0. The lowest BCUT2D eigenvalue weighted by molar-refractivity contribution is 0.210. The molecule has 114 valence electrons. The summed E-state index contributed by atoms with van der Waals surface area (Å²) in [6.07, 6.45) is 10.8. The summed E-state index contributed by atoms with van der Waals surface area (Å²) in [5.74, 6) is 7.26. The van der Waals surface area contributed by atoms with Crippen molar-refractivity contribution in [3.05, 3.63) is 0 Å². The van der Waals surface area contributed by atoms with Crippen LogP contribution in [0, 0.1) is 11.8 Å². The lowest BCUT2D eigenvalue weighted by Gasteiger charge is -2.33. The van der Waals surface area contributed by atoms with Crippen molar-refractivity contribution in [2.24, 2.45) is 17.7 Å². The van der Waals surface area contributed by atoms with Crippen LogP contribution in [-0.4, -0.2) is 26.5 Å². The Morgan fingerprint density at radius 1 is 1.26 bits per heavy atom. The fraction of sp³-hybridized carbons (Fsp3) is 1.00. The first-order valence-corrected chi connectivity index (χ1v) is 9.66. The number of nitrogens with two attached hydrogens (primary N) is 1. The van der Waals surface area contributed by atoms with E-state index in [0.29, 0.717) is 12.3 Å². The molecule has 1 saturated carbocycles. The fourth-order valence-corrected chi connectivity index (χ4v) is 3.85. The Hall–Kier alpha value is -0.130. The largest absolute Gasteiger partial charge is 0.271 e. The van der Waals surface area contributed by atoms with Crippen LogP contribution in [0.15, 0.2) is 0 Å². The summed E-state index contributed by atoms with van der Waals surface area (Å²) < 4.78 is 22.5. The zero-order valence-electron chi connectivity index (χ0n) is 12.4. The Balaban J connectivity index is 2.35. The average Bonchev–Trinajstić information content (AvgIpc) is 2.37. The van der Waals surface area contributed by atoms with Crippen LogP contribution in [0.3, 0.4) is 0 Å². The van der Waals surface area contributed by atoms with Gasteiger partial charge in [0.2, 0.25) is 0 Å². The van der Waals surface area contributed by atoms with Crippen molar-refractivity contribution in [1.29, 1.82) is 0 Å². The summed E-state index contributed by atoms with van der Waals surface area (Å²) in [6, 6.07) is 0.154. The third-order valence-electron chi connectivity index (χ3n) is 4.44. The van der Waals surface area contributed by atoms with Gasteiger partial charge in [0.15, 0.2) is 0 Å². The molecule has 1 atom stereocenters. The minimum absolute atomic E-state index is 0.154. The van der Waals surface area contributed by atoms with Gasteiger partial charge >= 0.3 is 0 Å². The van der Waals surface area contributed by atoms with Crippen molar-refractivity contribution in [2.75, 3.05) is 12.0 Å². The van der Waals surface area contributed by atoms with Crippen molar-refractivity contribution in [1.82, 2.24) is 5.43 Å². The summed E-state index contributed by atoms with van der Waals surface area (Å²) in [6.45, 7) is 2.24. The smallest absolute Gasteiger partial charge is 0.147 e. The molecule has 0 heterocycles. The van der Waals surface area contributed by atoms with Crippen molar-refractivity contribution < 1.29 is 8.42 Å². The molecule has 1 aliphatic rings. The molecule has 0 aliphatic heterocycles. The minimum atomic E-state index is -2.89. The monoisotopic (exact) mass is 290 g/mol. The number of hydrogen-bond donors (Lipinski definition) is 2. The number of hydrogen-bond acceptors (Lipinski definition) is 4. The topological polar surface area (TPSA) is 72.2 Å². The van der Waals surface area contributed by atoms with Crippen LogP contribution in [0.1, 0.15) is 58.3 Å². The highest BCUT2D eigenvalue weighted by atomic mass is 32.2. The van der Waals surface area contributed by atoms with Gasteiger partial charge < -0.3 is 0 Å². The highest BCUT2D eigenvalue weighted by Gasteiger charge is 2.27. The summed E-state index contributed by atoms with van der Waals surface area (Å²) in [4.78, 5) is 0. The normalized spacial score (nSPS) is 26.3. The summed E-state index contributed by atoms with van der Waals surface area (Å²) in [5, 5.41) is 0. The number of rotatable bonds is 8. The maximum absolute atomic E-state index is 11.2. The molecular formula is C14H30N2O2S. The van der Waals surface area contributed by atoms with E-state index in [0.717, 1.165) is 5.92 Å². The quantitative estimate of drug-likeness (QED) is 0.531. The van der Waals surface area contributed by atoms with E-state index < -0.39 is 9.84 Å². The molecule has 4 nitrogen and oxygen atoms in total. The van der Waals surface area contributed by atoms with Crippen LogP contribution < -0.4 is 11.3 Å². The molecule has 0 aromatic carbocycles. The van der Waals surface area contributed by atoms with E-state index in [-0.39, 0.29) is 11.8 Å². The van der Waals surface area contributed by atoms with Crippen LogP contribution in [0.25, 0.3) is 0 Å². The van der Waals surface area contributed by atoms with E-state index >= 15 is 0 Å². The SMILES string of the molecule is CCCCC1CCC(C(CCS(C)(=O)=O)NN)CC1. The molecule has 0 radical (unpaired) electrons. The highest BCUT2D eigenvalue weighted by molar-refractivity contribution is 7.90. The molecule has 5 heteroatoms. The predicted molar refractivity (Wildman–Crippen MR) is 80.4 cm³/mol. The third kappa shape index (κ3) is 6.72. The fourth-order valence-electron chi connectivity index (χ4n) is 3.17. The maximum Gasteiger partial charge on any atom is 0.147 e. The zero-order valence-corrected chi connectivity index (χ0v) is 13.2. The van der Waals surface area contributed by atoms with Gasteiger partial charge in [-0.05, 0) is 31.1 Å². The van der Waals surface area contributed by atoms with Crippen LogP contribution >= 0.6 is 0 Å². The molecule has 0 spiro atoms. The van der Waals surface area contributed by atoms with Crippen LogP contribution in [-0.2, 0) is 9.84 Å². The first-order chi connectivity index (χ1) is 8.96. The second-order valence-electron chi connectivity index (χ2n) is 6.11. The van der Waals surface area contributed by atoms with Gasteiger partial charge in [0.1, 0.15) is 9.84 Å². The van der Waals surface area contributed by atoms with E-state index in [4.69, 9.17) is 5.84 Å². The Labute approximate surface area is 118 Å². The number of nitrogens with one attached hydrogen (secondary N) is 1. The van der Waals surface area contributed by atoms with Crippen LogP contribution in [0.4, 0.5) is 0 Å². The number of hydrazine groups is 1. The molecule has 3 N–H and O–H groups in total. The standard InChI is InChI=1S/C14H30N2O2S/c1-3-4-5-12-6-8-13(9-7-12)14(16-15)10-11-19(2,17)18/h12-14,16H,3-11,15H2,1-2H3. The Kier molecular flexibility index (Phi) is 7.32. The molecule has 1 unspecified atom stereocenters. The van der Waals surface area contributed by atoms with Crippen molar-refractivity contribution in [3.8, 4) is 0 Å². The number of sulfone groups is 1. The van der Waals surface area contributed by atoms with Gasteiger partial charge in [-0.3, -0.25) is 11.3 Å². The lowest BCUT2D eigenvalue weighted by atomic mass is 9.76. The van der Waals surface area contributed by atoms with Gasteiger partial charge in [-0.1, -0.05) is 39.0 Å². The second kappa shape index (κ2) is 8.22. The van der Waals surface area contributed by atoms with Crippen molar-refractivity contribution in [3.63, 3.8) is 0 Å². The van der Waals surface area contributed by atoms with Crippen LogP contribution in [0.5, 0.6) is 0 Å². The van der Waals surface area contributed by atoms with Gasteiger partial charge in [0.25, 0.3) is 0 Å². The van der Waals surface area contributed by atoms with Gasteiger partial charge in [-0.2, -0.15) is 0 Å². The minimum Gasteiger partial charge on any atom is -0.271 e. The zero-order chi connectivity index (χ0) is 14.3. The Morgan fingerprint density at radius 3 is 2.37 bits per heavy atom. The Bertz CT molecular complexity index is 335. The lowest BCUT2D eigenvalue weighted by Crippen LogP contribution is -2.43. The number of unbranched alkanes of at least 4 members (excludes halogenated alkanes) is 1. The third-order valence-corrected chi connectivity index (χ3v) is 5.42. The Morgan fingerprint density at radius 2 is 1.89 bits per heavy atom. The van der Waals surface area contributed by atoms with E-state index in [9.17, 15) is 8.42 Å². The highest BCUT2D eigenvalue weighted by Crippen LogP contribution is 2.34. The summed E-state index contributed by atoms with van der Waals surface area (Å²) in [5.41, 5.74) is 2.84. The molecular weight excluding hydrogens is 260 g/mol. The molecule has 0 bridgehead atoms. The molecule has 0 amide bonds. The van der Waals surface area contributed by atoms with E-state index in [1.807, 2.05) is 0 Å². The predicted octanol–water partition coefficient (Wildman–Crippen LogP) is 2.25. The molecule has 0 aromatic heterocycles. The maximum atomic E-state index is 11.2. The molecule has 1 rings (SSSR count). The molecule has 0 saturated heterocycles. The van der Waals surface area contributed by atoms with Gasteiger partial charge in [0, 0.05) is 12.3 Å². The average molecular weight is 290 g/mol.